The molecule has 0 radical (unpaired) electrons. The first-order valence-corrected chi connectivity index (χ1v) is 10.0. The number of aryl methyl sites for hydroxylation is 3. The van der Waals surface area contributed by atoms with E-state index < -0.39 is 0 Å². The summed E-state index contributed by atoms with van der Waals surface area (Å²) in [6, 6.07) is 6.69. The van der Waals surface area contributed by atoms with Crippen LogP contribution in [0.2, 0.25) is 0 Å². The molecule has 28 heavy (non-hydrogen) atoms. The fraction of sp³-hybridized carbons (Fsp3) is 0.320. The van der Waals surface area contributed by atoms with Crippen LogP contribution in [0, 0.1) is 26.7 Å². The Balaban J connectivity index is 1.96. The topological polar surface area (TPSA) is 26.2 Å². The van der Waals surface area contributed by atoms with Gasteiger partial charge in [-0.05, 0) is 61.3 Å². The van der Waals surface area contributed by atoms with Gasteiger partial charge in [-0.3, -0.25) is 0 Å². The van der Waals surface area contributed by atoms with Gasteiger partial charge in [0.15, 0.2) is 0 Å². The van der Waals surface area contributed by atoms with Crippen LogP contribution in [0.4, 0.5) is 0 Å². The number of ether oxygens (including phenoxy) is 1. The normalized spacial score (nSPS) is 12.7. The lowest BCUT2D eigenvalue weighted by Crippen LogP contribution is -2.32. The van der Waals surface area contributed by atoms with E-state index in [1.54, 1.807) is 0 Å². The number of rotatable bonds is 2. The average Bonchev–Trinajstić information content (AvgIpc) is 3.00. The molecule has 2 aromatic heterocycles. The molecule has 0 fully saturated rings. The van der Waals surface area contributed by atoms with E-state index in [9.17, 15) is 0 Å². The molecule has 0 aliphatic carbocycles. The van der Waals surface area contributed by atoms with E-state index in [0.717, 1.165) is 34.6 Å². The van der Waals surface area contributed by atoms with E-state index in [-0.39, 0.29) is 0 Å². The molecule has 0 spiro atoms. The first-order chi connectivity index (χ1) is 13.3. The second kappa shape index (κ2) is 5.84. The minimum Gasteiger partial charge on any atom is -0.458 e. The number of pyridine rings is 1. The van der Waals surface area contributed by atoms with E-state index in [1.807, 2.05) is 6.26 Å². The predicted molar refractivity (Wildman–Crippen MR) is 113 cm³/mol. The predicted octanol–water partition coefficient (Wildman–Crippen LogP) is 6.31. The molecule has 2 aromatic carbocycles. The van der Waals surface area contributed by atoms with Gasteiger partial charge < -0.3 is 9.15 Å². The molecule has 1 aliphatic heterocycles. The molecule has 0 saturated carbocycles. The summed E-state index contributed by atoms with van der Waals surface area (Å²) in [6.07, 6.45) is 4.96. The highest BCUT2D eigenvalue weighted by Gasteiger charge is 2.34. The maximum Gasteiger partial charge on any atom is 0.257 e. The third-order valence-electron chi connectivity index (χ3n) is 5.94. The van der Waals surface area contributed by atoms with Crippen molar-refractivity contribution in [2.75, 3.05) is 0 Å². The molecule has 1 aliphatic rings. The van der Waals surface area contributed by atoms with Gasteiger partial charge in [0.2, 0.25) is 17.5 Å². The zero-order valence-electron chi connectivity index (χ0n) is 17.4. The molecule has 4 aromatic rings. The second-order valence-corrected chi connectivity index (χ2v) is 8.67. The average molecular weight is 372 g/mol. The standard InChI is InChI=1S/C25H26NO2/c1-13(2)7-18-12-27-20-11-26(6)24-21-16(5)15(4)10-17-8-14(3)9-19(22(17)21)28-25(24)23(18)20/h8-13H,7H2,1-6H3/q+1. The van der Waals surface area contributed by atoms with Gasteiger partial charge in [0.05, 0.1) is 17.2 Å². The van der Waals surface area contributed by atoms with E-state index in [0.29, 0.717) is 5.92 Å². The number of benzene rings is 2. The van der Waals surface area contributed by atoms with E-state index in [2.05, 4.69) is 70.6 Å². The van der Waals surface area contributed by atoms with Gasteiger partial charge in [-0.1, -0.05) is 26.0 Å². The molecule has 0 atom stereocenters. The van der Waals surface area contributed by atoms with Crippen LogP contribution >= 0.6 is 0 Å². The molecule has 0 saturated heterocycles. The molecule has 3 nitrogen and oxygen atoms in total. The molecule has 142 valence electrons. The van der Waals surface area contributed by atoms with Crippen molar-refractivity contribution in [1.29, 1.82) is 0 Å². The number of fused-ring (bicyclic) bond motifs is 4. The Morgan fingerprint density at radius 2 is 1.82 bits per heavy atom. The van der Waals surface area contributed by atoms with Crippen LogP contribution in [-0.4, -0.2) is 0 Å². The molecule has 0 N–H and O–H groups in total. The van der Waals surface area contributed by atoms with Gasteiger partial charge in [-0.15, -0.1) is 0 Å². The van der Waals surface area contributed by atoms with Crippen molar-refractivity contribution in [1.82, 2.24) is 0 Å². The SMILES string of the molecule is Cc1cc2c3c(c(C)c(C)cc3c1)-c1c(c3c(CC(C)C)coc3c[n+]1C)O2. The molecule has 3 heterocycles. The van der Waals surface area contributed by atoms with Crippen molar-refractivity contribution < 1.29 is 13.7 Å². The molecule has 0 unspecified atom stereocenters. The summed E-state index contributed by atoms with van der Waals surface area (Å²) in [4.78, 5) is 0. The summed E-state index contributed by atoms with van der Waals surface area (Å²) in [7, 11) is 2.08. The Hall–Kier alpha value is -2.81. The minimum absolute atomic E-state index is 0.552. The van der Waals surface area contributed by atoms with Crippen LogP contribution in [0.25, 0.3) is 33.0 Å². The van der Waals surface area contributed by atoms with Crippen LogP contribution in [0.1, 0.15) is 36.1 Å². The van der Waals surface area contributed by atoms with E-state index in [1.165, 1.54) is 38.6 Å². The van der Waals surface area contributed by atoms with Gasteiger partial charge in [0.25, 0.3) is 5.69 Å². The largest absolute Gasteiger partial charge is 0.458 e. The smallest absolute Gasteiger partial charge is 0.257 e. The van der Waals surface area contributed by atoms with Gasteiger partial charge in [0.1, 0.15) is 12.8 Å². The van der Waals surface area contributed by atoms with Gasteiger partial charge in [0, 0.05) is 10.9 Å². The van der Waals surface area contributed by atoms with E-state index in [4.69, 9.17) is 9.15 Å². The summed E-state index contributed by atoms with van der Waals surface area (Å²) in [6.45, 7) is 11.0. The maximum atomic E-state index is 6.62. The quantitative estimate of drug-likeness (QED) is 0.340. The summed E-state index contributed by atoms with van der Waals surface area (Å²) >= 11 is 0. The molecular weight excluding hydrogens is 346 g/mol. The van der Waals surface area contributed by atoms with Gasteiger partial charge in [-0.2, -0.15) is 4.57 Å². The summed E-state index contributed by atoms with van der Waals surface area (Å²) in [5.74, 6) is 2.43. The van der Waals surface area contributed by atoms with Crippen molar-refractivity contribution in [3.8, 4) is 22.8 Å². The van der Waals surface area contributed by atoms with Gasteiger partial charge in [-0.25, -0.2) is 0 Å². The highest BCUT2D eigenvalue weighted by atomic mass is 16.5. The second-order valence-electron chi connectivity index (χ2n) is 8.67. The number of furan rings is 1. The molecule has 5 rings (SSSR count). The summed E-state index contributed by atoms with van der Waals surface area (Å²) in [5.41, 5.74) is 8.36. The fourth-order valence-corrected chi connectivity index (χ4v) is 4.64. The van der Waals surface area contributed by atoms with Crippen LogP contribution in [0.15, 0.2) is 35.1 Å². The molecule has 3 heteroatoms. The monoisotopic (exact) mass is 372 g/mol. The summed E-state index contributed by atoms with van der Waals surface area (Å²) < 4.78 is 14.7. The Morgan fingerprint density at radius 3 is 2.57 bits per heavy atom. The molecular formula is C25H26NO2+. The number of nitrogens with zero attached hydrogens (tertiary/aromatic N) is 1. The Morgan fingerprint density at radius 1 is 1.04 bits per heavy atom. The van der Waals surface area contributed by atoms with Crippen LogP contribution in [-0.2, 0) is 13.5 Å². The first kappa shape index (κ1) is 17.3. The van der Waals surface area contributed by atoms with Crippen LogP contribution in [0.5, 0.6) is 11.5 Å². The van der Waals surface area contributed by atoms with E-state index >= 15 is 0 Å². The first-order valence-electron chi connectivity index (χ1n) is 10.0. The third-order valence-corrected chi connectivity index (χ3v) is 5.94. The zero-order chi connectivity index (χ0) is 19.7. The van der Waals surface area contributed by atoms with Crippen molar-refractivity contribution in [3.63, 3.8) is 0 Å². The molecule has 0 amide bonds. The lowest BCUT2D eigenvalue weighted by Gasteiger charge is -2.23. The Bertz CT molecular complexity index is 1280. The van der Waals surface area contributed by atoms with Crippen LogP contribution in [0.3, 0.4) is 0 Å². The summed E-state index contributed by atoms with van der Waals surface area (Å²) in [5, 5.41) is 3.57. The fourth-order valence-electron chi connectivity index (χ4n) is 4.64. The highest BCUT2D eigenvalue weighted by Crippen LogP contribution is 2.50. The third kappa shape index (κ3) is 2.32. The minimum atomic E-state index is 0.552. The van der Waals surface area contributed by atoms with Crippen LogP contribution < -0.4 is 9.30 Å². The lowest BCUT2D eigenvalue weighted by molar-refractivity contribution is -0.659. The number of hydrogen-bond donors (Lipinski definition) is 0. The van der Waals surface area contributed by atoms with Crippen molar-refractivity contribution in [3.05, 3.63) is 52.9 Å². The van der Waals surface area contributed by atoms with Crippen molar-refractivity contribution >= 4 is 21.7 Å². The zero-order valence-corrected chi connectivity index (χ0v) is 17.4. The Kier molecular flexibility index (Phi) is 3.61. The van der Waals surface area contributed by atoms with Gasteiger partial charge >= 0.3 is 0 Å². The maximum absolute atomic E-state index is 6.62. The highest BCUT2D eigenvalue weighted by molar-refractivity contribution is 6.07. The lowest BCUT2D eigenvalue weighted by atomic mass is 9.89. The molecule has 0 bridgehead atoms. The van der Waals surface area contributed by atoms with Crippen molar-refractivity contribution in [2.24, 2.45) is 13.0 Å². The number of aromatic nitrogens is 1. The van der Waals surface area contributed by atoms with Crippen molar-refractivity contribution in [2.45, 2.75) is 41.0 Å². The number of hydrogen-bond acceptors (Lipinski definition) is 2. The Labute approximate surface area is 165 Å².